The Labute approximate surface area is 202 Å². The highest BCUT2D eigenvalue weighted by Gasteiger charge is 2.29. The van der Waals surface area contributed by atoms with E-state index in [0.717, 1.165) is 42.6 Å². The Kier molecular flexibility index (Phi) is 8.12. The number of aryl methyl sites for hydroxylation is 1. The van der Waals surface area contributed by atoms with Crippen molar-refractivity contribution in [3.8, 4) is 0 Å². The number of benzene rings is 2. The maximum absolute atomic E-state index is 13.2. The first kappa shape index (κ1) is 24.1. The van der Waals surface area contributed by atoms with Gasteiger partial charge in [0, 0.05) is 30.3 Å². The van der Waals surface area contributed by atoms with E-state index in [-0.39, 0.29) is 23.7 Å². The number of nitrogens with zero attached hydrogens (tertiary/aromatic N) is 2. The van der Waals surface area contributed by atoms with Gasteiger partial charge >= 0.3 is 5.97 Å². The van der Waals surface area contributed by atoms with Gasteiger partial charge in [0.25, 0.3) is 0 Å². The van der Waals surface area contributed by atoms with Crippen molar-refractivity contribution in [1.82, 2.24) is 5.01 Å². The van der Waals surface area contributed by atoms with Crippen molar-refractivity contribution in [2.45, 2.75) is 57.9 Å². The fourth-order valence-electron chi connectivity index (χ4n) is 4.92. The van der Waals surface area contributed by atoms with Crippen molar-refractivity contribution in [1.29, 1.82) is 0 Å². The van der Waals surface area contributed by atoms with Crippen LogP contribution < -0.4 is 5.73 Å². The summed E-state index contributed by atoms with van der Waals surface area (Å²) < 4.78 is 5.11. The number of esters is 1. The molecule has 0 bridgehead atoms. The molecule has 1 saturated heterocycles. The molecule has 0 saturated carbocycles. The molecule has 2 atom stereocenters. The van der Waals surface area contributed by atoms with Crippen molar-refractivity contribution in [3.05, 3.63) is 70.3 Å². The third kappa shape index (κ3) is 5.92. The lowest BCUT2D eigenvalue weighted by molar-refractivity contribution is -0.144. The summed E-state index contributed by atoms with van der Waals surface area (Å²) in [5, 5.41) is 6.75. The van der Waals surface area contributed by atoms with E-state index in [1.807, 2.05) is 48.7 Å². The molecule has 2 unspecified atom stereocenters. The van der Waals surface area contributed by atoms with Gasteiger partial charge in [-0.05, 0) is 61.3 Å². The van der Waals surface area contributed by atoms with Gasteiger partial charge in [-0.15, -0.1) is 0 Å². The number of fused-ring (bicyclic) bond motifs is 1. The maximum Gasteiger partial charge on any atom is 0.306 e. The van der Waals surface area contributed by atoms with Crippen LogP contribution in [0.2, 0.25) is 0 Å². The van der Waals surface area contributed by atoms with Crippen molar-refractivity contribution >= 4 is 18.0 Å². The lowest BCUT2D eigenvalue weighted by Crippen LogP contribution is -2.30. The molecule has 2 aromatic carbocycles. The molecule has 0 radical (unpaired) electrons. The Morgan fingerprint density at radius 2 is 1.76 bits per heavy atom. The fourth-order valence-corrected chi connectivity index (χ4v) is 4.92. The van der Waals surface area contributed by atoms with Gasteiger partial charge < -0.3 is 10.5 Å². The van der Waals surface area contributed by atoms with Crippen LogP contribution in [-0.4, -0.2) is 42.7 Å². The normalized spacial score (nSPS) is 20.6. The number of hydrogen-bond donors (Lipinski definition) is 1. The zero-order valence-electron chi connectivity index (χ0n) is 20.0. The average Bonchev–Trinajstić information content (AvgIpc) is 3.13. The average molecular weight is 462 g/mol. The van der Waals surface area contributed by atoms with E-state index in [1.54, 1.807) is 6.92 Å². The first-order valence-corrected chi connectivity index (χ1v) is 12.5. The van der Waals surface area contributed by atoms with E-state index in [1.165, 1.54) is 25.7 Å². The molecule has 0 amide bonds. The van der Waals surface area contributed by atoms with Gasteiger partial charge in [0.05, 0.1) is 19.2 Å². The second-order valence-corrected chi connectivity index (χ2v) is 9.31. The van der Waals surface area contributed by atoms with Gasteiger partial charge in [-0.25, -0.2) is 0 Å². The Balaban J connectivity index is 1.44. The second kappa shape index (κ2) is 11.4. The number of rotatable bonds is 7. The highest BCUT2D eigenvalue weighted by atomic mass is 16.5. The molecule has 180 valence electrons. The van der Waals surface area contributed by atoms with E-state index >= 15 is 0 Å². The zero-order valence-corrected chi connectivity index (χ0v) is 20.0. The number of hydrazone groups is 1. The van der Waals surface area contributed by atoms with E-state index in [0.29, 0.717) is 24.2 Å². The summed E-state index contributed by atoms with van der Waals surface area (Å²) in [6, 6.07) is 13.1. The minimum absolute atomic E-state index is 0.0275. The highest BCUT2D eigenvalue weighted by Crippen LogP contribution is 2.35. The van der Waals surface area contributed by atoms with Crippen molar-refractivity contribution in [2.24, 2.45) is 16.8 Å². The summed E-state index contributed by atoms with van der Waals surface area (Å²) in [4.78, 5) is 25.1. The molecule has 34 heavy (non-hydrogen) atoms. The van der Waals surface area contributed by atoms with Crippen LogP contribution in [0.1, 0.15) is 84.1 Å². The highest BCUT2D eigenvalue weighted by molar-refractivity contribution is 6.09. The van der Waals surface area contributed by atoms with Crippen LogP contribution in [-0.2, 0) is 16.0 Å². The molecule has 0 spiro atoms. The van der Waals surface area contributed by atoms with Crippen LogP contribution in [0.25, 0.3) is 0 Å². The summed E-state index contributed by atoms with van der Waals surface area (Å²) in [5.74, 6) is -0.212. The molecule has 1 aliphatic carbocycles. The van der Waals surface area contributed by atoms with Crippen LogP contribution in [0.3, 0.4) is 0 Å². The summed E-state index contributed by atoms with van der Waals surface area (Å²) in [6.45, 7) is 4.20. The molecule has 4 rings (SSSR count). The molecule has 6 heteroatoms. The predicted octanol–water partition coefficient (Wildman–Crippen LogP) is 4.64. The van der Waals surface area contributed by atoms with Crippen LogP contribution >= 0.6 is 0 Å². The zero-order chi connectivity index (χ0) is 23.9. The minimum Gasteiger partial charge on any atom is -0.466 e. The molecular formula is C28H35N3O3. The number of ketones is 1. The quantitative estimate of drug-likeness (QED) is 0.369. The van der Waals surface area contributed by atoms with Crippen LogP contribution in [0.4, 0.5) is 0 Å². The van der Waals surface area contributed by atoms with Gasteiger partial charge in [0.1, 0.15) is 0 Å². The van der Waals surface area contributed by atoms with Crippen molar-refractivity contribution in [2.75, 3.05) is 19.7 Å². The SMILES string of the molecule is CCOC(=O)CC1CCc2ccc(C(=O)c3ccc(C=NN4CCCCCC4)cc3)cc2C1N. The second-order valence-electron chi connectivity index (χ2n) is 9.31. The van der Waals surface area contributed by atoms with Gasteiger partial charge in [-0.3, -0.25) is 14.6 Å². The van der Waals surface area contributed by atoms with Crippen molar-refractivity contribution in [3.63, 3.8) is 0 Å². The Bertz CT molecular complexity index is 1020. The maximum atomic E-state index is 13.2. The summed E-state index contributed by atoms with van der Waals surface area (Å²) in [7, 11) is 0. The molecule has 2 N–H and O–H groups in total. The molecule has 1 fully saturated rings. The molecular weight excluding hydrogens is 426 g/mol. The number of nitrogens with two attached hydrogens (primary N) is 1. The van der Waals surface area contributed by atoms with Gasteiger partial charge in [0.2, 0.25) is 0 Å². The number of ether oxygens (including phenoxy) is 1. The van der Waals surface area contributed by atoms with E-state index in [4.69, 9.17) is 10.5 Å². The Hall–Kier alpha value is -2.99. The van der Waals surface area contributed by atoms with Crippen LogP contribution in [0.5, 0.6) is 0 Å². The largest absolute Gasteiger partial charge is 0.466 e. The molecule has 2 aliphatic rings. The standard InChI is InChI=1S/C28H35N3O3/c1-2-34-26(32)18-23-13-11-21-12-14-24(17-25(21)27(23)29)28(33)22-9-7-20(8-10-22)19-30-31-15-5-3-4-6-16-31/h7-10,12,14,17,19,23,27H,2-6,11,13,15-16,18,29H2,1H3. The first-order chi connectivity index (χ1) is 16.5. The van der Waals surface area contributed by atoms with E-state index < -0.39 is 0 Å². The lowest BCUT2D eigenvalue weighted by atomic mass is 9.77. The van der Waals surface area contributed by atoms with E-state index in [2.05, 4.69) is 10.1 Å². The molecule has 1 aliphatic heterocycles. The third-order valence-corrected chi connectivity index (χ3v) is 6.92. The number of hydrogen-bond acceptors (Lipinski definition) is 6. The Morgan fingerprint density at radius 1 is 1.06 bits per heavy atom. The lowest BCUT2D eigenvalue weighted by Gasteiger charge is -2.30. The first-order valence-electron chi connectivity index (χ1n) is 12.5. The minimum atomic E-state index is -0.279. The molecule has 0 aromatic heterocycles. The predicted molar refractivity (Wildman–Crippen MR) is 134 cm³/mol. The number of carbonyl (C=O) groups excluding carboxylic acids is 2. The van der Waals surface area contributed by atoms with Crippen LogP contribution in [0, 0.1) is 5.92 Å². The third-order valence-electron chi connectivity index (χ3n) is 6.92. The summed E-state index contributed by atoms with van der Waals surface area (Å²) >= 11 is 0. The Morgan fingerprint density at radius 3 is 2.47 bits per heavy atom. The topological polar surface area (TPSA) is 85.0 Å². The van der Waals surface area contributed by atoms with Crippen LogP contribution in [0.15, 0.2) is 47.6 Å². The van der Waals surface area contributed by atoms with Gasteiger partial charge in [0.15, 0.2) is 5.78 Å². The van der Waals surface area contributed by atoms with Crippen molar-refractivity contribution < 1.29 is 14.3 Å². The molecule has 1 heterocycles. The molecule has 2 aromatic rings. The smallest absolute Gasteiger partial charge is 0.306 e. The summed E-state index contributed by atoms with van der Waals surface area (Å²) in [6.07, 6.45) is 8.84. The number of carbonyl (C=O) groups is 2. The van der Waals surface area contributed by atoms with E-state index in [9.17, 15) is 9.59 Å². The fraction of sp³-hybridized carbons (Fsp3) is 0.464. The van der Waals surface area contributed by atoms with Gasteiger partial charge in [-0.1, -0.05) is 49.2 Å². The van der Waals surface area contributed by atoms with Gasteiger partial charge in [-0.2, -0.15) is 5.10 Å². The summed E-state index contributed by atoms with van der Waals surface area (Å²) in [5.41, 5.74) is 10.9. The monoisotopic (exact) mass is 461 g/mol. The molecule has 6 nitrogen and oxygen atoms in total.